The van der Waals surface area contributed by atoms with Gasteiger partial charge in [0.2, 0.25) is 0 Å². The minimum atomic E-state index is -0.333. The first-order valence-electron chi connectivity index (χ1n) is 5.23. The summed E-state index contributed by atoms with van der Waals surface area (Å²) in [6.07, 6.45) is 0. The topological polar surface area (TPSA) is 96.7 Å². The number of pyridine rings is 1. The maximum atomic E-state index is 12.0. The molecule has 2 aromatic heterocycles. The van der Waals surface area contributed by atoms with Gasteiger partial charge in [-0.25, -0.2) is 4.98 Å². The molecule has 0 radical (unpaired) electrons. The number of nitrogen functional groups attached to an aromatic ring is 1. The summed E-state index contributed by atoms with van der Waals surface area (Å²) in [5.74, 6) is 0.354. The van der Waals surface area contributed by atoms with E-state index in [1.807, 2.05) is 13.8 Å². The molecule has 0 aromatic carbocycles. The number of hydrogen-bond acceptors (Lipinski definition) is 4. The molecule has 0 aliphatic heterocycles. The fraction of sp³-hybridized carbons (Fsp3) is 0.182. The first-order chi connectivity index (χ1) is 8.47. The minimum Gasteiger partial charge on any atom is -0.384 e. The van der Waals surface area contributed by atoms with Crippen LogP contribution in [-0.2, 0) is 0 Å². The van der Waals surface area contributed by atoms with Gasteiger partial charge in [-0.2, -0.15) is 5.10 Å². The summed E-state index contributed by atoms with van der Waals surface area (Å²) in [6, 6.07) is 2.90. The van der Waals surface area contributed by atoms with Crippen molar-refractivity contribution in [2.24, 2.45) is 0 Å². The van der Waals surface area contributed by atoms with Crippen molar-refractivity contribution >= 4 is 29.1 Å². The van der Waals surface area contributed by atoms with E-state index in [0.29, 0.717) is 11.4 Å². The van der Waals surface area contributed by atoms with Gasteiger partial charge in [0, 0.05) is 16.8 Å². The number of aromatic amines is 1. The minimum absolute atomic E-state index is 0.176. The van der Waals surface area contributed by atoms with Gasteiger partial charge in [-0.1, -0.05) is 11.6 Å². The number of carbonyl (C=O) groups excluding carboxylic acids is 1. The van der Waals surface area contributed by atoms with Crippen LogP contribution < -0.4 is 11.1 Å². The van der Waals surface area contributed by atoms with Crippen LogP contribution in [0.1, 0.15) is 21.6 Å². The van der Waals surface area contributed by atoms with E-state index in [2.05, 4.69) is 20.5 Å². The number of nitrogens with two attached hydrogens (primary N) is 1. The normalized spacial score (nSPS) is 10.4. The van der Waals surface area contributed by atoms with Gasteiger partial charge in [0.15, 0.2) is 5.82 Å². The van der Waals surface area contributed by atoms with Crippen LogP contribution in [0.3, 0.4) is 0 Å². The van der Waals surface area contributed by atoms with Crippen molar-refractivity contribution in [1.29, 1.82) is 0 Å². The van der Waals surface area contributed by atoms with Crippen molar-refractivity contribution in [3.05, 3.63) is 34.1 Å². The quantitative estimate of drug-likeness (QED) is 0.723. The number of aromatic nitrogens is 3. The molecular weight excluding hydrogens is 254 g/mol. The Balaban J connectivity index is 2.24. The zero-order chi connectivity index (χ0) is 13.3. The van der Waals surface area contributed by atoms with E-state index >= 15 is 0 Å². The van der Waals surface area contributed by atoms with Crippen molar-refractivity contribution in [3.8, 4) is 0 Å². The van der Waals surface area contributed by atoms with Crippen LogP contribution in [0.2, 0.25) is 5.15 Å². The molecule has 7 heteroatoms. The molecule has 0 saturated carbocycles. The van der Waals surface area contributed by atoms with Crippen molar-refractivity contribution in [1.82, 2.24) is 15.2 Å². The van der Waals surface area contributed by atoms with E-state index in [9.17, 15) is 4.79 Å². The first-order valence-corrected chi connectivity index (χ1v) is 5.61. The molecule has 0 unspecified atom stereocenters. The Morgan fingerprint density at radius 1 is 1.44 bits per heavy atom. The Morgan fingerprint density at radius 2 is 2.17 bits per heavy atom. The molecule has 0 aliphatic carbocycles. The van der Waals surface area contributed by atoms with Crippen LogP contribution in [0.25, 0.3) is 0 Å². The molecule has 18 heavy (non-hydrogen) atoms. The van der Waals surface area contributed by atoms with Crippen molar-refractivity contribution < 1.29 is 4.79 Å². The van der Waals surface area contributed by atoms with Gasteiger partial charge in [-0.3, -0.25) is 9.89 Å². The third-order valence-electron chi connectivity index (χ3n) is 2.56. The molecule has 0 spiro atoms. The van der Waals surface area contributed by atoms with Crippen LogP contribution in [-0.4, -0.2) is 21.1 Å². The van der Waals surface area contributed by atoms with Gasteiger partial charge in [-0.15, -0.1) is 0 Å². The van der Waals surface area contributed by atoms with Crippen molar-refractivity contribution in [2.75, 3.05) is 11.1 Å². The lowest BCUT2D eigenvalue weighted by Crippen LogP contribution is -2.13. The summed E-state index contributed by atoms with van der Waals surface area (Å²) < 4.78 is 0. The summed E-state index contributed by atoms with van der Waals surface area (Å²) in [6.45, 7) is 3.74. The highest BCUT2D eigenvalue weighted by Gasteiger charge is 2.12. The summed E-state index contributed by atoms with van der Waals surface area (Å²) in [4.78, 5) is 15.8. The molecule has 0 bridgehead atoms. The lowest BCUT2D eigenvalue weighted by Gasteiger charge is -2.04. The highest BCUT2D eigenvalue weighted by Crippen LogP contribution is 2.17. The van der Waals surface area contributed by atoms with Crippen molar-refractivity contribution in [3.63, 3.8) is 0 Å². The van der Waals surface area contributed by atoms with Crippen LogP contribution in [0, 0.1) is 13.8 Å². The number of amides is 1. The molecule has 2 heterocycles. The molecule has 0 atom stereocenters. The lowest BCUT2D eigenvalue weighted by molar-refractivity contribution is 0.102. The Hall–Kier alpha value is -2.08. The number of aryl methyl sites for hydroxylation is 1. The maximum Gasteiger partial charge on any atom is 0.257 e. The molecule has 4 N–H and O–H groups in total. The number of carbonyl (C=O) groups is 1. The molecule has 2 aromatic rings. The molecule has 0 fully saturated rings. The van der Waals surface area contributed by atoms with E-state index in [0.717, 1.165) is 11.3 Å². The third-order valence-corrected chi connectivity index (χ3v) is 2.75. The predicted molar refractivity (Wildman–Crippen MR) is 69.7 cm³/mol. The van der Waals surface area contributed by atoms with Crippen LogP contribution in [0.15, 0.2) is 12.1 Å². The Kier molecular flexibility index (Phi) is 3.20. The number of nitrogens with one attached hydrogen (secondary N) is 2. The largest absolute Gasteiger partial charge is 0.384 e. The summed E-state index contributed by atoms with van der Waals surface area (Å²) >= 11 is 5.74. The fourth-order valence-corrected chi connectivity index (χ4v) is 1.65. The van der Waals surface area contributed by atoms with Gasteiger partial charge in [0.05, 0.1) is 0 Å². The molecular formula is C11H12ClN5O. The van der Waals surface area contributed by atoms with Gasteiger partial charge in [0.1, 0.15) is 11.0 Å². The second-order valence-corrected chi connectivity index (χ2v) is 4.27. The Bertz CT molecular complexity index is 587. The molecule has 0 saturated heterocycles. The van der Waals surface area contributed by atoms with Crippen LogP contribution in [0.5, 0.6) is 0 Å². The van der Waals surface area contributed by atoms with Crippen LogP contribution in [0.4, 0.5) is 11.6 Å². The van der Waals surface area contributed by atoms with E-state index in [1.165, 1.54) is 12.1 Å². The van der Waals surface area contributed by atoms with Crippen molar-refractivity contribution in [2.45, 2.75) is 13.8 Å². The second kappa shape index (κ2) is 4.66. The monoisotopic (exact) mass is 265 g/mol. The highest BCUT2D eigenvalue weighted by atomic mass is 35.5. The summed E-state index contributed by atoms with van der Waals surface area (Å²) in [7, 11) is 0. The number of H-pyrrole nitrogens is 1. The number of halogens is 1. The van der Waals surface area contributed by atoms with E-state index in [1.54, 1.807) is 0 Å². The molecule has 94 valence electrons. The van der Waals surface area contributed by atoms with Gasteiger partial charge < -0.3 is 11.1 Å². The molecule has 6 nitrogen and oxygen atoms in total. The molecule has 1 amide bonds. The Labute approximate surface area is 109 Å². The van der Waals surface area contributed by atoms with Gasteiger partial charge in [0.25, 0.3) is 5.91 Å². The standard InChI is InChI=1S/C11H12ClN5O/c1-5-6(2)16-17-10(5)15-11(18)7-3-8(12)14-9(13)4-7/h3-4H,1-2H3,(H2,13,14)(H2,15,16,17,18). The fourth-order valence-electron chi connectivity index (χ4n) is 1.43. The zero-order valence-corrected chi connectivity index (χ0v) is 10.7. The number of anilines is 2. The number of hydrogen-bond donors (Lipinski definition) is 3. The van der Waals surface area contributed by atoms with E-state index in [4.69, 9.17) is 17.3 Å². The third kappa shape index (κ3) is 2.43. The maximum absolute atomic E-state index is 12.0. The molecule has 2 rings (SSSR count). The number of rotatable bonds is 2. The van der Waals surface area contributed by atoms with E-state index < -0.39 is 0 Å². The lowest BCUT2D eigenvalue weighted by atomic mass is 10.2. The van der Waals surface area contributed by atoms with Gasteiger partial charge >= 0.3 is 0 Å². The average Bonchev–Trinajstić information content (AvgIpc) is 2.59. The average molecular weight is 266 g/mol. The second-order valence-electron chi connectivity index (χ2n) is 3.88. The predicted octanol–water partition coefficient (Wildman–Crippen LogP) is 1.91. The van der Waals surface area contributed by atoms with Gasteiger partial charge in [-0.05, 0) is 26.0 Å². The first kappa shape index (κ1) is 12.4. The number of nitrogens with zero attached hydrogens (tertiary/aromatic N) is 2. The van der Waals surface area contributed by atoms with E-state index in [-0.39, 0.29) is 16.9 Å². The van der Waals surface area contributed by atoms with Crippen LogP contribution >= 0.6 is 11.6 Å². The Morgan fingerprint density at radius 3 is 2.72 bits per heavy atom. The smallest absolute Gasteiger partial charge is 0.257 e. The summed E-state index contributed by atoms with van der Waals surface area (Å²) in [5, 5.41) is 9.63. The summed E-state index contributed by atoms with van der Waals surface area (Å²) in [5.41, 5.74) is 7.65. The zero-order valence-electron chi connectivity index (χ0n) is 9.91. The SMILES string of the molecule is Cc1[nH]nc(NC(=O)c2cc(N)nc(Cl)c2)c1C. The molecule has 0 aliphatic rings. The highest BCUT2D eigenvalue weighted by molar-refractivity contribution is 6.30.